The summed E-state index contributed by atoms with van der Waals surface area (Å²) in [5.74, 6) is 0.300. The number of methoxy groups -OCH3 is 1. The number of hydrogen-bond donors (Lipinski definition) is 0. The summed E-state index contributed by atoms with van der Waals surface area (Å²) < 4.78 is 17.7. The zero-order chi connectivity index (χ0) is 19.2. The topological polar surface area (TPSA) is 44.1 Å². The lowest BCUT2D eigenvalue weighted by molar-refractivity contribution is 0.104. The minimum absolute atomic E-state index is 0.0890. The highest BCUT2D eigenvalue weighted by Crippen LogP contribution is 2.22. The number of carbonyl (C=O) groups is 1. The van der Waals surface area contributed by atoms with Crippen LogP contribution in [0.15, 0.2) is 54.5 Å². The summed E-state index contributed by atoms with van der Waals surface area (Å²) in [4.78, 5) is 16.5. The van der Waals surface area contributed by atoms with Crippen molar-refractivity contribution in [3.8, 4) is 0 Å². The molecule has 6 heteroatoms. The summed E-state index contributed by atoms with van der Waals surface area (Å²) in [6.45, 7) is 10.4. The fraction of sp³-hybridized carbons (Fsp3) is 0.263. The van der Waals surface area contributed by atoms with Crippen LogP contribution >= 0.6 is 11.8 Å². The molecular weight excluding hydrogens is 339 g/mol. The number of rotatable bonds is 8. The minimum Gasteiger partial charge on any atom is -0.499 e. The fourth-order valence-electron chi connectivity index (χ4n) is 1.74. The number of carbonyl (C=O) groups excluding carboxylic acids is 1. The van der Waals surface area contributed by atoms with Crippen LogP contribution in [0.4, 0.5) is 4.39 Å². The first-order valence-electron chi connectivity index (χ1n) is 7.54. The Balaban J connectivity index is 0.000000697. The highest BCUT2D eigenvalue weighted by molar-refractivity contribution is 7.98. The van der Waals surface area contributed by atoms with Crippen LogP contribution in [0.5, 0.6) is 0 Å². The van der Waals surface area contributed by atoms with Crippen LogP contribution in [-0.2, 0) is 4.74 Å². The Morgan fingerprint density at radius 2 is 2.08 bits per heavy atom. The van der Waals surface area contributed by atoms with E-state index in [4.69, 9.17) is 0 Å². The predicted molar refractivity (Wildman–Crippen MR) is 106 cm³/mol. The lowest BCUT2D eigenvalue weighted by atomic mass is 10.2. The molecule has 0 aromatic carbocycles. The first-order valence-corrected chi connectivity index (χ1v) is 8.76. The molecule has 0 bridgehead atoms. The molecule has 0 unspecified atom stereocenters. The van der Waals surface area contributed by atoms with Crippen molar-refractivity contribution in [2.24, 2.45) is 0 Å². The van der Waals surface area contributed by atoms with E-state index in [1.807, 2.05) is 6.26 Å². The first-order chi connectivity index (χ1) is 12.0. The molecule has 0 amide bonds. The quantitative estimate of drug-likeness (QED) is 0.210. The smallest absolute Gasteiger partial charge is 0.204 e. The third-order valence-electron chi connectivity index (χ3n) is 2.93. The number of ether oxygens (including phenoxy) is 1. The molecule has 0 N–H and O–H groups in total. The van der Waals surface area contributed by atoms with Gasteiger partial charge in [0.1, 0.15) is 18.1 Å². The van der Waals surface area contributed by atoms with Crippen LogP contribution in [0.1, 0.15) is 30.0 Å². The van der Waals surface area contributed by atoms with Gasteiger partial charge in [0.25, 0.3) is 0 Å². The highest BCUT2D eigenvalue weighted by atomic mass is 32.2. The number of allylic oxidation sites excluding steroid dienone is 6. The molecule has 1 aromatic heterocycles. The number of halogens is 1. The van der Waals surface area contributed by atoms with Crippen LogP contribution in [0.2, 0.25) is 0 Å². The maximum atomic E-state index is 12.1. The van der Waals surface area contributed by atoms with Crippen molar-refractivity contribution in [2.45, 2.75) is 19.0 Å². The lowest BCUT2D eigenvalue weighted by Gasteiger charge is -2.02. The molecule has 0 aliphatic heterocycles. The van der Waals surface area contributed by atoms with Gasteiger partial charge in [-0.25, -0.2) is 9.37 Å². The number of ketones is 1. The molecular formula is C19H25FN2O2S. The van der Waals surface area contributed by atoms with Gasteiger partial charge in [-0.05, 0) is 38.3 Å². The van der Waals surface area contributed by atoms with Gasteiger partial charge in [-0.3, -0.25) is 9.36 Å². The van der Waals surface area contributed by atoms with Gasteiger partial charge in [-0.15, -0.1) is 0 Å². The van der Waals surface area contributed by atoms with Crippen molar-refractivity contribution >= 4 is 29.8 Å². The Bertz CT molecular complexity index is 667. The van der Waals surface area contributed by atoms with E-state index in [1.165, 1.54) is 24.9 Å². The summed E-state index contributed by atoms with van der Waals surface area (Å²) in [5, 5.41) is 0.738. The Hall–Kier alpha value is -2.34. The van der Waals surface area contributed by atoms with Gasteiger partial charge in [-0.2, -0.15) is 0 Å². The molecule has 0 atom stereocenters. The molecule has 0 saturated heterocycles. The number of hydrogen-bond acceptors (Lipinski definition) is 4. The zero-order valence-corrected chi connectivity index (χ0v) is 16.0. The predicted octanol–water partition coefficient (Wildman–Crippen LogP) is 5.17. The van der Waals surface area contributed by atoms with Gasteiger partial charge in [0.15, 0.2) is 5.16 Å². The van der Waals surface area contributed by atoms with Crippen molar-refractivity contribution in [1.29, 1.82) is 0 Å². The maximum Gasteiger partial charge on any atom is 0.204 e. The van der Waals surface area contributed by atoms with Gasteiger partial charge in [-0.1, -0.05) is 43.1 Å². The van der Waals surface area contributed by atoms with Crippen LogP contribution in [0, 0.1) is 0 Å². The summed E-state index contributed by atoms with van der Waals surface area (Å²) in [6, 6.07) is 0. The maximum absolute atomic E-state index is 12.1. The van der Waals surface area contributed by atoms with Crippen LogP contribution in [-0.4, -0.2) is 35.4 Å². The van der Waals surface area contributed by atoms with Gasteiger partial charge in [0.05, 0.1) is 12.8 Å². The van der Waals surface area contributed by atoms with Crippen molar-refractivity contribution in [1.82, 2.24) is 9.55 Å². The molecule has 1 aromatic rings. The molecule has 1 rings (SSSR count). The summed E-state index contributed by atoms with van der Waals surface area (Å²) in [5.41, 5.74) is 1.15. The van der Waals surface area contributed by atoms with E-state index < -0.39 is 6.67 Å². The molecule has 25 heavy (non-hydrogen) atoms. The van der Waals surface area contributed by atoms with E-state index in [-0.39, 0.29) is 5.78 Å². The Morgan fingerprint density at radius 1 is 1.40 bits per heavy atom. The molecule has 1 heterocycles. The van der Waals surface area contributed by atoms with E-state index in [2.05, 4.69) is 22.9 Å². The molecule has 0 radical (unpaired) electrons. The second kappa shape index (κ2) is 13.0. The van der Waals surface area contributed by atoms with Crippen molar-refractivity contribution in [3.63, 3.8) is 0 Å². The van der Waals surface area contributed by atoms with Gasteiger partial charge in [0, 0.05) is 6.20 Å². The minimum atomic E-state index is -0.507. The second-order valence-electron chi connectivity index (χ2n) is 4.44. The monoisotopic (exact) mass is 364 g/mol. The van der Waals surface area contributed by atoms with Crippen molar-refractivity contribution in [2.75, 3.05) is 20.0 Å². The van der Waals surface area contributed by atoms with E-state index in [0.717, 1.165) is 5.16 Å². The SMILES string of the molecule is C/C=C(\CF)OC.C=C/C=C/c1nc(SC)n(C=C)c1C(=O)/C=C/C. The van der Waals surface area contributed by atoms with Gasteiger partial charge in [0.2, 0.25) is 5.78 Å². The third kappa shape index (κ3) is 6.97. The van der Waals surface area contributed by atoms with Crippen molar-refractivity contribution < 1.29 is 13.9 Å². The lowest BCUT2D eigenvalue weighted by Crippen LogP contribution is -2.04. The number of alkyl halides is 1. The molecule has 0 fully saturated rings. The average molecular weight is 364 g/mol. The Morgan fingerprint density at radius 3 is 2.44 bits per heavy atom. The molecule has 0 saturated carbocycles. The highest BCUT2D eigenvalue weighted by Gasteiger charge is 2.17. The molecule has 0 spiro atoms. The van der Waals surface area contributed by atoms with Gasteiger partial charge >= 0.3 is 0 Å². The van der Waals surface area contributed by atoms with Crippen LogP contribution < -0.4 is 0 Å². The van der Waals surface area contributed by atoms with E-state index >= 15 is 0 Å². The van der Waals surface area contributed by atoms with Crippen molar-refractivity contribution in [3.05, 3.63) is 60.7 Å². The zero-order valence-electron chi connectivity index (χ0n) is 15.2. The van der Waals surface area contributed by atoms with Gasteiger partial charge < -0.3 is 4.74 Å². The van der Waals surface area contributed by atoms with E-state index in [1.54, 1.807) is 55.0 Å². The third-order valence-corrected chi connectivity index (χ3v) is 3.58. The Labute approximate surface area is 153 Å². The summed E-state index contributed by atoms with van der Waals surface area (Å²) in [7, 11) is 1.45. The van der Waals surface area contributed by atoms with Crippen LogP contribution in [0.25, 0.3) is 12.3 Å². The summed E-state index contributed by atoms with van der Waals surface area (Å²) >= 11 is 1.47. The standard InChI is InChI=1S/C14H16N2OS.C5H9FO/c1-5-8-10-11-13(12(17)9-6-2)16(7-3)14(15-11)18-4;1-3-5(4-6)7-2/h5-10H,1,3H2,2,4H3;3H,4H2,1-2H3/b9-6+,10-8+;5-3+. The molecule has 0 aliphatic rings. The van der Waals surface area contributed by atoms with E-state index in [0.29, 0.717) is 17.1 Å². The fourth-order valence-corrected chi connectivity index (χ4v) is 2.29. The number of nitrogens with zero attached hydrogens (tertiary/aromatic N) is 2. The molecule has 136 valence electrons. The average Bonchev–Trinajstić information content (AvgIpc) is 2.99. The largest absolute Gasteiger partial charge is 0.499 e. The Kier molecular flexibility index (Phi) is 11.8. The second-order valence-corrected chi connectivity index (χ2v) is 5.21. The molecule has 4 nitrogen and oxygen atoms in total. The molecule has 0 aliphatic carbocycles. The number of imidazole rings is 1. The summed E-state index contributed by atoms with van der Waals surface area (Å²) in [6.07, 6.45) is 13.5. The first kappa shape index (κ1) is 22.7. The normalized spacial score (nSPS) is 11.3. The van der Waals surface area contributed by atoms with Crippen LogP contribution in [0.3, 0.4) is 0 Å². The number of aromatic nitrogens is 2. The number of thioether (sulfide) groups is 1. The van der Waals surface area contributed by atoms with E-state index in [9.17, 15) is 9.18 Å².